The van der Waals surface area contributed by atoms with Gasteiger partial charge in [0.1, 0.15) is 5.75 Å². The summed E-state index contributed by atoms with van der Waals surface area (Å²) < 4.78 is 11.0. The minimum absolute atomic E-state index is 0. The maximum Gasteiger partial charge on any atom is 0.227 e. The molecule has 1 fully saturated rings. The van der Waals surface area contributed by atoms with E-state index in [1.54, 1.807) is 0 Å². The van der Waals surface area contributed by atoms with Gasteiger partial charge in [0.05, 0.1) is 6.61 Å². The van der Waals surface area contributed by atoms with Gasteiger partial charge in [0.15, 0.2) is 0 Å². The van der Waals surface area contributed by atoms with Crippen molar-refractivity contribution in [2.24, 2.45) is 5.92 Å². The predicted molar refractivity (Wildman–Crippen MR) is 90.1 cm³/mol. The first-order valence-electron chi connectivity index (χ1n) is 8.18. The molecule has 0 radical (unpaired) electrons. The van der Waals surface area contributed by atoms with Crippen LogP contribution in [-0.4, -0.2) is 29.8 Å². The number of rotatable bonds is 3. The van der Waals surface area contributed by atoms with Crippen molar-refractivity contribution in [1.29, 1.82) is 0 Å². The van der Waals surface area contributed by atoms with Crippen molar-refractivity contribution in [2.45, 2.75) is 32.1 Å². The zero-order chi connectivity index (χ0) is 14.8. The number of nitrogens with zero attached hydrogens (tertiary/aromatic N) is 2. The smallest absolute Gasteiger partial charge is 0.227 e. The van der Waals surface area contributed by atoms with Gasteiger partial charge in [-0.1, -0.05) is 5.16 Å². The van der Waals surface area contributed by atoms with E-state index in [4.69, 9.17) is 9.26 Å². The molecule has 1 aromatic carbocycles. The number of nitrogens with one attached hydrogen (secondary N) is 1. The second-order valence-corrected chi connectivity index (χ2v) is 6.18. The Hall–Kier alpha value is -1.59. The first kappa shape index (κ1) is 16.3. The Morgan fingerprint density at radius 2 is 2.17 bits per heavy atom. The van der Waals surface area contributed by atoms with Gasteiger partial charge in [0, 0.05) is 18.4 Å². The van der Waals surface area contributed by atoms with Crippen LogP contribution in [0.4, 0.5) is 0 Å². The number of aromatic nitrogens is 2. The second-order valence-electron chi connectivity index (χ2n) is 6.18. The van der Waals surface area contributed by atoms with E-state index in [9.17, 15) is 0 Å². The van der Waals surface area contributed by atoms with E-state index in [2.05, 4.69) is 21.5 Å². The van der Waals surface area contributed by atoms with Crippen LogP contribution in [0, 0.1) is 5.92 Å². The average molecular weight is 336 g/mol. The van der Waals surface area contributed by atoms with Gasteiger partial charge < -0.3 is 14.6 Å². The van der Waals surface area contributed by atoms with Crippen molar-refractivity contribution >= 4 is 12.4 Å². The predicted octanol–water partition coefficient (Wildman–Crippen LogP) is 3.03. The molecule has 3 heterocycles. The topological polar surface area (TPSA) is 60.2 Å². The highest BCUT2D eigenvalue weighted by Gasteiger charge is 2.18. The highest BCUT2D eigenvalue weighted by molar-refractivity contribution is 5.85. The van der Waals surface area contributed by atoms with Crippen LogP contribution in [-0.2, 0) is 12.8 Å². The van der Waals surface area contributed by atoms with E-state index in [1.807, 2.05) is 12.1 Å². The van der Waals surface area contributed by atoms with Gasteiger partial charge in [-0.25, -0.2) is 0 Å². The summed E-state index contributed by atoms with van der Waals surface area (Å²) in [7, 11) is 0. The van der Waals surface area contributed by atoms with Crippen molar-refractivity contribution < 1.29 is 9.26 Å². The molecule has 1 N–H and O–H groups in total. The van der Waals surface area contributed by atoms with Gasteiger partial charge in [0.2, 0.25) is 11.7 Å². The highest BCUT2D eigenvalue weighted by Crippen LogP contribution is 2.29. The summed E-state index contributed by atoms with van der Waals surface area (Å²) in [5, 5.41) is 7.60. The molecule has 1 unspecified atom stereocenters. The number of halogens is 1. The molecule has 2 aliphatic rings. The third kappa shape index (κ3) is 3.67. The van der Waals surface area contributed by atoms with Crippen molar-refractivity contribution in [2.75, 3.05) is 19.7 Å². The van der Waals surface area contributed by atoms with E-state index >= 15 is 0 Å². The molecule has 0 spiro atoms. The lowest BCUT2D eigenvalue weighted by molar-refractivity contribution is 0.341. The number of fused-ring (bicyclic) bond motifs is 1. The lowest BCUT2D eigenvalue weighted by Gasteiger charge is -2.09. The average Bonchev–Trinajstić information content (AvgIpc) is 3.11. The molecular weight excluding hydrogens is 314 g/mol. The van der Waals surface area contributed by atoms with Gasteiger partial charge in [-0.15, -0.1) is 12.4 Å². The molecule has 124 valence electrons. The maximum atomic E-state index is 5.54. The molecule has 0 saturated carbocycles. The Balaban J connectivity index is 0.00000156. The van der Waals surface area contributed by atoms with Crippen LogP contribution in [0.15, 0.2) is 22.7 Å². The van der Waals surface area contributed by atoms with Crippen LogP contribution in [0.2, 0.25) is 0 Å². The summed E-state index contributed by atoms with van der Waals surface area (Å²) in [5.41, 5.74) is 2.25. The van der Waals surface area contributed by atoms with Gasteiger partial charge in [-0.3, -0.25) is 0 Å². The molecular formula is C17H22ClN3O2. The molecule has 23 heavy (non-hydrogen) atoms. The summed E-state index contributed by atoms with van der Waals surface area (Å²) in [6.45, 7) is 2.99. The molecule has 0 amide bonds. The van der Waals surface area contributed by atoms with Crippen molar-refractivity contribution in [3.8, 4) is 17.1 Å². The fraction of sp³-hybridized carbons (Fsp3) is 0.529. The Bertz CT molecular complexity index is 651. The monoisotopic (exact) mass is 335 g/mol. The highest BCUT2D eigenvalue weighted by atomic mass is 35.5. The van der Waals surface area contributed by atoms with Crippen LogP contribution >= 0.6 is 12.4 Å². The van der Waals surface area contributed by atoms with Crippen LogP contribution in [0.5, 0.6) is 5.75 Å². The largest absolute Gasteiger partial charge is 0.493 e. The maximum absolute atomic E-state index is 5.54. The number of hydrogen-bond donors (Lipinski definition) is 1. The lowest BCUT2D eigenvalue weighted by atomic mass is 9.97. The van der Waals surface area contributed by atoms with Crippen LogP contribution < -0.4 is 10.1 Å². The third-order valence-electron chi connectivity index (χ3n) is 4.57. The van der Waals surface area contributed by atoms with Crippen molar-refractivity contribution in [3.05, 3.63) is 29.7 Å². The van der Waals surface area contributed by atoms with E-state index in [1.165, 1.54) is 24.8 Å². The number of hydrogen-bond acceptors (Lipinski definition) is 5. The van der Waals surface area contributed by atoms with Crippen LogP contribution in [0.25, 0.3) is 11.4 Å². The summed E-state index contributed by atoms with van der Waals surface area (Å²) in [5.74, 6) is 3.09. The quantitative estimate of drug-likeness (QED) is 0.934. The zero-order valence-electron chi connectivity index (χ0n) is 13.1. The first-order chi connectivity index (χ1) is 10.9. The summed E-state index contributed by atoms with van der Waals surface area (Å²) in [4.78, 5) is 4.59. The van der Waals surface area contributed by atoms with Crippen LogP contribution in [0.3, 0.4) is 0 Å². The van der Waals surface area contributed by atoms with E-state index in [0.29, 0.717) is 11.7 Å². The molecule has 2 aliphatic heterocycles. The molecule has 1 aromatic heterocycles. The minimum Gasteiger partial charge on any atom is -0.493 e. The number of ether oxygens (including phenoxy) is 1. The Morgan fingerprint density at radius 1 is 1.22 bits per heavy atom. The fourth-order valence-corrected chi connectivity index (χ4v) is 3.32. The summed E-state index contributed by atoms with van der Waals surface area (Å²) >= 11 is 0. The molecule has 1 saturated heterocycles. The van der Waals surface area contributed by atoms with E-state index in [-0.39, 0.29) is 12.4 Å². The lowest BCUT2D eigenvalue weighted by Crippen LogP contribution is -2.14. The third-order valence-corrected chi connectivity index (χ3v) is 4.57. The minimum atomic E-state index is 0. The van der Waals surface area contributed by atoms with Gasteiger partial charge in [0.25, 0.3) is 0 Å². The molecule has 0 bridgehead atoms. The van der Waals surface area contributed by atoms with Crippen LogP contribution in [0.1, 0.15) is 30.7 Å². The zero-order valence-corrected chi connectivity index (χ0v) is 13.9. The Labute approximate surface area is 142 Å². The molecule has 0 aliphatic carbocycles. The molecule has 2 aromatic rings. The van der Waals surface area contributed by atoms with E-state index < -0.39 is 0 Å². The standard InChI is InChI=1S/C17H21N3O2.ClH/c1-2-12(5-8-18-7-1)10-16-19-17(20-22-16)14-3-4-15-13(11-14)6-9-21-15;/h3-4,11-12,18H,1-2,5-10H2;1H. The van der Waals surface area contributed by atoms with E-state index in [0.717, 1.165) is 49.7 Å². The molecule has 1 atom stereocenters. The fourth-order valence-electron chi connectivity index (χ4n) is 3.32. The van der Waals surface area contributed by atoms with Gasteiger partial charge >= 0.3 is 0 Å². The normalized spacial score (nSPS) is 20.3. The Morgan fingerprint density at radius 3 is 3.13 bits per heavy atom. The molecule has 6 heteroatoms. The Kier molecular flexibility index (Phi) is 5.18. The summed E-state index contributed by atoms with van der Waals surface area (Å²) in [6.07, 6.45) is 5.51. The molecule has 5 nitrogen and oxygen atoms in total. The van der Waals surface area contributed by atoms with Gasteiger partial charge in [-0.2, -0.15) is 4.98 Å². The van der Waals surface area contributed by atoms with Crippen molar-refractivity contribution in [1.82, 2.24) is 15.5 Å². The van der Waals surface area contributed by atoms with Crippen molar-refractivity contribution in [3.63, 3.8) is 0 Å². The second kappa shape index (κ2) is 7.32. The SMILES string of the molecule is Cl.c1cc2c(cc1-c1noc(CC3CCCNCC3)n1)CCO2. The summed E-state index contributed by atoms with van der Waals surface area (Å²) in [6, 6.07) is 6.13. The first-order valence-corrected chi connectivity index (χ1v) is 8.18. The van der Waals surface area contributed by atoms with Gasteiger partial charge in [-0.05, 0) is 62.0 Å². The molecule has 4 rings (SSSR count). The number of benzene rings is 1.